The molecule has 0 unspecified atom stereocenters. The van der Waals surface area contributed by atoms with Crippen LogP contribution in [0, 0.1) is 20.8 Å². The summed E-state index contributed by atoms with van der Waals surface area (Å²) in [6.45, 7) is 7.44. The van der Waals surface area contributed by atoms with Crippen LogP contribution in [0.3, 0.4) is 0 Å². The number of methoxy groups -OCH3 is 1. The van der Waals surface area contributed by atoms with Gasteiger partial charge in [0.1, 0.15) is 11.6 Å². The van der Waals surface area contributed by atoms with Crippen LogP contribution >= 0.6 is 0 Å². The van der Waals surface area contributed by atoms with E-state index >= 15 is 0 Å². The van der Waals surface area contributed by atoms with Gasteiger partial charge in [-0.1, -0.05) is 6.07 Å². The van der Waals surface area contributed by atoms with Gasteiger partial charge in [-0.2, -0.15) is 4.31 Å². The first-order valence-electron chi connectivity index (χ1n) is 10.7. The summed E-state index contributed by atoms with van der Waals surface area (Å²) in [5.74, 6) is 2.71. The van der Waals surface area contributed by atoms with Gasteiger partial charge in [-0.3, -0.25) is 0 Å². The summed E-state index contributed by atoms with van der Waals surface area (Å²) in [6.07, 6.45) is 0. The van der Waals surface area contributed by atoms with Crippen LogP contribution in [-0.4, -0.2) is 61.2 Å². The van der Waals surface area contributed by atoms with Crippen LogP contribution in [0.15, 0.2) is 47.4 Å². The Labute approximate surface area is 194 Å². The molecule has 2 aromatic heterocycles. The molecule has 0 bridgehead atoms. The van der Waals surface area contributed by atoms with E-state index in [1.165, 1.54) is 4.31 Å². The normalized spacial score (nSPS) is 14.8. The standard InChI is InChI=1S/C23H28N6O3S/c1-16-6-5-7-21(24-16)25-22-10-11-23(27-26-22)28-12-14-29(15-13-28)33(30,31)20-9-8-19(32-4)17(2)18(20)3/h5-11H,12-15H2,1-4H3,(H,24,25,26). The Hall–Kier alpha value is -3.24. The molecular weight excluding hydrogens is 440 g/mol. The van der Waals surface area contributed by atoms with Gasteiger partial charge >= 0.3 is 0 Å². The van der Waals surface area contributed by atoms with Gasteiger partial charge in [0.05, 0.1) is 12.0 Å². The van der Waals surface area contributed by atoms with Crippen molar-refractivity contribution in [3.63, 3.8) is 0 Å². The van der Waals surface area contributed by atoms with E-state index in [1.807, 2.05) is 56.0 Å². The molecule has 0 amide bonds. The maximum absolute atomic E-state index is 13.3. The highest BCUT2D eigenvalue weighted by Crippen LogP contribution is 2.29. The molecule has 1 N–H and O–H groups in total. The molecule has 174 valence electrons. The number of aromatic nitrogens is 3. The number of piperazine rings is 1. The predicted molar refractivity (Wildman–Crippen MR) is 128 cm³/mol. The van der Waals surface area contributed by atoms with Crippen molar-refractivity contribution in [1.82, 2.24) is 19.5 Å². The van der Waals surface area contributed by atoms with Crippen LogP contribution in [0.4, 0.5) is 17.5 Å². The molecule has 1 aliphatic heterocycles. The Morgan fingerprint density at radius 2 is 1.64 bits per heavy atom. The molecule has 10 heteroatoms. The van der Waals surface area contributed by atoms with Gasteiger partial charge in [0.25, 0.3) is 0 Å². The molecule has 0 saturated carbocycles. The first-order valence-corrected chi connectivity index (χ1v) is 12.2. The number of sulfonamides is 1. The third-order valence-electron chi connectivity index (χ3n) is 5.88. The van der Waals surface area contributed by atoms with Crippen LogP contribution in [0.25, 0.3) is 0 Å². The zero-order chi connectivity index (χ0) is 23.6. The highest BCUT2D eigenvalue weighted by molar-refractivity contribution is 7.89. The van der Waals surface area contributed by atoms with Gasteiger partial charge < -0.3 is 15.0 Å². The lowest BCUT2D eigenvalue weighted by molar-refractivity contribution is 0.382. The van der Waals surface area contributed by atoms with Crippen LogP contribution in [0.5, 0.6) is 5.75 Å². The fraction of sp³-hybridized carbons (Fsp3) is 0.348. The van der Waals surface area contributed by atoms with Gasteiger partial charge in [0, 0.05) is 31.9 Å². The van der Waals surface area contributed by atoms with Crippen LogP contribution < -0.4 is 15.0 Å². The molecule has 3 aromatic rings. The number of pyridine rings is 1. The first kappa shape index (κ1) is 22.9. The Morgan fingerprint density at radius 1 is 0.879 bits per heavy atom. The number of ether oxygens (including phenoxy) is 1. The Balaban J connectivity index is 1.42. The average Bonchev–Trinajstić information content (AvgIpc) is 2.81. The summed E-state index contributed by atoms with van der Waals surface area (Å²) in [7, 11) is -2.01. The van der Waals surface area contributed by atoms with Crippen molar-refractivity contribution in [2.45, 2.75) is 25.7 Å². The number of hydrogen-bond acceptors (Lipinski definition) is 8. The van der Waals surface area contributed by atoms with Gasteiger partial charge in [0.2, 0.25) is 10.0 Å². The zero-order valence-electron chi connectivity index (χ0n) is 19.2. The van der Waals surface area contributed by atoms with Crippen molar-refractivity contribution >= 4 is 27.5 Å². The summed E-state index contributed by atoms with van der Waals surface area (Å²) in [5.41, 5.74) is 2.47. The maximum atomic E-state index is 13.3. The fourth-order valence-corrected chi connectivity index (χ4v) is 5.57. The van der Waals surface area contributed by atoms with E-state index in [-0.39, 0.29) is 0 Å². The van der Waals surface area contributed by atoms with E-state index in [9.17, 15) is 8.42 Å². The van der Waals surface area contributed by atoms with E-state index in [4.69, 9.17) is 4.74 Å². The summed E-state index contributed by atoms with van der Waals surface area (Å²) < 4.78 is 33.4. The number of rotatable bonds is 6. The lowest BCUT2D eigenvalue weighted by Crippen LogP contribution is -2.49. The first-order chi connectivity index (χ1) is 15.8. The minimum absolute atomic E-state index is 0.328. The molecule has 1 saturated heterocycles. The predicted octanol–water partition coefficient (Wildman–Crippen LogP) is 3.06. The van der Waals surface area contributed by atoms with Crippen molar-refractivity contribution in [3.8, 4) is 5.75 Å². The molecular formula is C23H28N6O3S. The number of benzene rings is 1. The Morgan fingerprint density at radius 3 is 2.27 bits per heavy atom. The number of anilines is 3. The maximum Gasteiger partial charge on any atom is 0.243 e. The van der Waals surface area contributed by atoms with E-state index in [0.717, 1.165) is 11.3 Å². The molecule has 1 aromatic carbocycles. The van der Waals surface area contributed by atoms with Gasteiger partial charge in [-0.15, -0.1) is 10.2 Å². The van der Waals surface area contributed by atoms with Gasteiger partial charge in [-0.25, -0.2) is 13.4 Å². The number of nitrogens with one attached hydrogen (secondary N) is 1. The van der Waals surface area contributed by atoms with Crippen LogP contribution in [0.1, 0.15) is 16.8 Å². The summed E-state index contributed by atoms with van der Waals surface area (Å²) in [6, 6.07) is 12.8. The van der Waals surface area contributed by atoms with E-state index in [2.05, 4.69) is 20.5 Å². The third-order valence-corrected chi connectivity index (χ3v) is 7.93. The quantitative estimate of drug-likeness (QED) is 0.589. The minimum atomic E-state index is -3.59. The third kappa shape index (κ3) is 4.76. The second-order valence-electron chi connectivity index (χ2n) is 7.97. The minimum Gasteiger partial charge on any atom is -0.496 e. The molecule has 9 nitrogen and oxygen atoms in total. The van der Waals surface area contributed by atoms with Gasteiger partial charge in [0.15, 0.2) is 11.6 Å². The molecule has 0 spiro atoms. The lowest BCUT2D eigenvalue weighted by Gasteiger charge is -2.34. The monoisotopic (exact) mass is 468 g/mol. The number of aryl methyl sites for hydroxylation is 1. The van der Waals surface area contributed by atoms with Crippen molar-refractivity contribution < 1.29 is 13.2 Å². The Kier molecular flexibility index (Phi) is 6.48. The van der Waals surface area contributed by atoms with Crippen molar-refractivity contribution in [2.24, 2.45) is 0 Å². The molecule has 33 heavy (non-hydrogen) atoms. The molecule has 0 radical (unpaired) electrons. The Bertz CT molecular complexity index is 1240. The molecule has 1 fully saturated rings. The molecule has 1 aliphatic rings. The van der Waals surface area contributed by atoms with Crippen molar-refractivity contribution in [3.05, 3.63) is 59.3 Å². The van der Waals surface area contributed by atoms with Gasteiger partial charge in [-0.05, 0) is 68.3 Å². The second kappa shape index (κ2) is 9.32. The highest BCUT2D eigenvalue weighted by atomic mass is 32.2. The number of nitrogens with zero attached hydrogens (tertiary/aromatic N) is 5. The average molecular weight is 469 g/mol. The largest absolute Gasteiger partial charge is 0.496 e. The van der Waals surface area contributed by atoms with Crippen molar-refractivity contribution in [2.75, 3.05) is 43.5 Å². The summed E-state index contributed by atoms with van der Waals surface area (Å²) in [4.78, 5) is 6.77. The summed E-state index contributed by atoms with van der Waals surface area (Å²) in [5, 5.41) is 11.7. The fourth-order valence-electron chi connectivity index (χ4n) is 3.87. The van der Waals surface area contributed by atoms with E-state index < -0.39 is 10.0 Å². The summed E-state index contributed by atoms with van der Waals surface area (Å²) >= 11 is 0. The molecule has 4 rings (SSSR count). The lowest BCUT2D eigenvalue weighted by atomic mass is 10.1. The second-order valence-corrected chi connectivity index (χ2v) is 9.88. The molecule has 3 heterocycles. The molecule has 0 aliphatic carbocycles. The van der Waals surface area contributed by atoms with E-state index in [0.29, 0.717) is 59.8 Å². The van der Waals surface area contributed by atoms with E-state index in [1.54, 1.807) is 19.2 Å². The zero-order valence-corrected chi connectivity index (χ0v) is 20.1. The SMILES string of the molecule is COc1ccc(S(=O)(=O)N2CCN(c3ccc(Nc4cccc(C)n4)nn3)CC2)c(C)c1C. The number of hydrogen-bond donors (Lipinski definition) is 1. The van der Waals surface area contributed by atoms with Crippen molar-refractivity contribution in [1.29, 1.82) is 0 Å². The molecule has 0 atom stereocenters. The van der Waals surface area contributed by atoms with Crippen LogP contribution in [0.2, 0.25) is 0 Å². The smallest absolute Gasteiger partial charge is 0.243 e. The van der Waals surface area contributed by atoms with Crippen LogP contribution in [-0.2, 0) is 10.0 Å². The topological polar surface area (TPSA) is 101 Å². The highest BCUT2D eigenvalue weighted by Gasteiger charge is 2.30.